The van der Waals surface area contributed by atoms with Gasteiger partial charge < -0.3 is 4.90 Å². The van der Waals surface area contributed by atoms with Crippen LogP contribution in [0.2, 0.25) is 0 Å². The van der Waals surface area contributed by atoms with Crippen LogP contribution in [0.15, 0.2) is 54.8 Å². The fraction of sp³-hybridized carbons (Fsp3) is 0.586. The van der Waals surface area contributed by atoms with Gasteiger partial charge in [-0.1, -0.05) is 53.7 Å². The predicted molar refractivity (Wildman–Crippen MR) is 146 cm³/mol. The number of nitrogens with zero attached hydrogens (tertiary/aromatic N) is 4. The summed E-state index contributed by atoms with van der Waals surface area (Å²) in [5.41, 5.74) is 3.84. The van der Waals surface area contributed by atoms with Crippen molar-refractivity contribution in [2.75, 3.05) is 37.6 Å². The van der Waals surface area contributed by atoms with Crippen molar-refractivity contribution < 1.29 is 0 Å². The molecule has 2 fully saturated rings. The monoisotopic (exact) mass is 452 g/mol. The second-order valence-corrected chi connectivity index (χ2v) is 7.47. The fourth-order valence-corrected chi connectivity index (χ4v) is 4.28. The van der Waals surface area contributed by atoms with Crippen molar-refractivity contribution in [1.29, 1.82) is 5.26 Å². The van der Waals surface area contributed by atoms with Crippen LogP contribution in [-0.4, -0.2) is 42.6 Å². The van der Waals surface area contributed by atoms with Gasteiger partial charge in [-0.2, -0.15) is 5.26 Å². The van der Waals surface area contributed by atoms with Gasteiger partial charge >= 0.3 is 0 Å². The minimum atomic E-state index is 0.634. The molecule has 0 saturated carbocycles. The lowest BCUT2D eigenvalue weighted by molar-refractivity contribution is 0.263. The van der Waals surface area contributed by atoms with Crippen molar-refractivity contribution in [3.63, 3.8) is 0 Å². The van der Waals surface area contributed by atoms with Crippen LogP contribution in [0.4, 0.5) is 5.82 Å². The van der Waals surface area contributed by atoms with E-state index in [9.17, 15) is 0 Å². The quantitative estimate of drug-likeness (QED) is 0.446. The molecule has 0 N–H and O–H groups in total. The topological polar surface area (TPSA) is 43.2 Å². The van der Waals surface area contributed by atoms with Gasteiger partial charge in [0, 0.05) is 32.4 Å². The first-order valence-electron chi connectivity index (χ1n) is 13.0. The van der Waals surface area contributed by atoms with Gasteiger partial charge in [0.25, 0.3) is 0 Å². The third-order valence-corrected chi connectivity index (χ3v) is 5.79. The van der Waals surface area contributed by atoms with E-state index >= 15 is 0 Å². The van der Waals surface area contributed by atoms with Crippen molar-refractivity contribution in [1.82, 2.24) is 9.88 Å². The number of aromatic nitrogens is 1. The lowest BCUT2D eigenvalue weighted by Gasteiger charge is -2.32. The fourth-order valence-electron chi connectivity index (χ4n) is 4.28. The van der Waals surface area contributed by atoms with E-state index in [1.54, 1.807) is 17.3 Å². The Kier molecular flexibility index (Phi) is 17.7. The molecular formula is C29H48N4. The Morgan fingerprint density at radius 1 is 1.00 bits per heavy atom. The third-order valence-electron chi connectivity index (χ3n) is 5.79. The molecule has 2 aliphatic heterocycles. The van der Waals surface area contributed by atoms with Crippen LogP contribution in [0.1, 0.15) is 79.2 Å². The average Bonchev–Trinajstić information content (AvgIpc) is 3.41. The highest BCUT2D eigenvalue weighted by atomic mass is 15.2. The number of rotatable bonds is 4. The van der Waals surface area contributed by atoms with E-state index in [1.807, 2.05) is 53.7 Å². The van der Waals surface area contributed by atoms with Gasteiger partial charge in [0.1, 0.15) is 11.9 Å². The van der Waals surface area contributed by atoms with Crippen molar-refractivity contribution in [3.05, 3.63) is 60.3 Å². The molecule has 3 aliphatic rings. The van der Waals surface area contributed by atoms with Crippen LogP contribution in [0, 0.1) is 17.2 Å². The van der Waals surface area contributed by atoms with Gasteiger partial charge in [-0.3, -0.25) is 4.90 Å². The molecule has 4 heteroatoms. The minimum Gasteiger partial charge on any atom is -0.356 e. The Balaban J connectivity index is 0.00000116. The number of likely N-dealkylation sites (tertiary alicyclic amines) is 1. The Morgan fingerprint density at radius 3 is 2.27 bits per heavy atom. The van der Waals surface area contributed by atoms with Gasteiger partial charge in [0.2, 0.25) is 0 Å². The molecule has 4 rings (SSSR count). The van der Waals surface area contributed by atoms with Crippen molar-refractivity contribution in [2.24, 2.45) is 5.92 Å². The number of nitriles is 1. The summed E-state index contributed by atoms with van der Waals surface area (Å²) in [5.74, 6) is 1.77. The molecule has 1 aromatic rings. The molecule has 1 atom stereocenters. The number of hydrogen-bond acceptors (Lipinski definition) is 4. The summed E-state index contributed by atoms with van der Waals surface area (Å²) in [6.45, 7) is 23.8. The smallest absolute Gasteiger partial charge is 0.128 e. The summed E-state index contributed by atoms with van der Waals surface area (Å²) in [6, 6.07) is 5.98. The van der Waals surface area contributed by atoms with Crippen molar-refractivity contribution in [3.8, 4) is 6.07 Å². The molecule has 1 unspecified atom stereocenters. The summed E-state index contributed by atoms with van der Waals surface area (Å²) in [6.07, 6.45) is 12.8. The van der Waals surface area contributed by atoms with Crippen LogP contribution in [-0.2, 0) is 0 Å². The number of hydrogen-bond donors (Lipinski definition) is 0. The van der Waals surface area contributed by atoms with Crippen LogP contribution >= 0.6 is 0 Å². The maximum atomic E-state index is 8.89. The average molecular weight is 453 g/mol. The number of allylic oxidation sites excluding steroid dienone is 2. The van der Waals surface area contributed by atoms with Crippen molar-refractivity contribution >= 4 is 5.82 Å². The first-order valence-corrected chi connectivity index (χ1v) is 13.0. The molecule has 33 heavy (non-hydrogen) atoms. The molecule has 184 valence electrons. The Labute approximate surface area is 204 Å². The number of anilines is 1. The summed E-state index contributed by atoms with van der Waals surface area (Å²) in [4.78, 5) is 9.44. The highest BCUT2D eigenvalue weighted by Gasteiger charge is 2.25. The van der Waals surface area contributed by atoms with Gasteiger partial charge in [0.05, 0.1) is 5.56 Å². The molecule has 2 saturated heterocycles. The minimum absolute atomic E-state index is 0.634. The third kappa shape index (κ3) is 9.96. The lowest BCUT2D eigenvalue weighted by atomic mass is 9.91. The van der Waals surface area contributed by atoms with Gasteiger partial charge in [-0.15, -0.1) is 13.2 Å². The molecule has 1 aromatic heterocycles. The molecular weight excluding hydrogens is 404 g/mol. The zero-order valence-corrected chi connectivity index (χ0v) is 22.2. The summed E-state index contributed by atoms with van der Waals surface area (Å²) in [7, 11) is 0. The number of pyridine rings is 1. The zero-order chi connectivity index (χ0) is 25.1. The van der Waals surface area contributed by atoms with E-state index in [0.29, 0.717) is 5.56 Å². The maximum absolute atomic E-state index is 8.89. The first-order chi connectivity index (χ1) is 16.3. The zero-order valence-electron chi connectivity index (χ0n) is 22.2. The predicted octanol–water partition coefficient (Wildman–Crippen LogP) is 7.40. The molecule has 0 spiro atoms. The maximum Gasteiger partial charge on any atom is 0.128 e. The van der Waals surface area contributed by atoms with E-state index in [0.717, 1.165) is 31.4 Å². The summed E-state index contributed by atoms with van der Waals surface area (Å²) in [5, 5.41) is 8.89. The molecule has 3 heterocycles. The van der Waals surface area contributed by atoms with E-state index in [1.165, 1.54) is 45.2 Å². The van der Waals surface area contributed by atoms with Crippen LogP contribution in [0.3, 0.4) is 0 Å². The normalized spacial score (nSPS) is 18.6. The van der Waals surface area contributed by atoms with Crippen LogP contribution in [0.25, 0.3) is 0 Å². The number of fused-ring (bicyclic) bond motifs is 1. The van der Waals surface area contributed by atoms with E-state index in [-0.39, 0.29) is 0 Å². The van der Waals surface area contributed by atoms with Gasteiger partial charge in [0.15, 0.2) is 0 Å². The van der Waals surface area contributed by atoms with Crippen molar-refractivity contribution in [2.45, 2.75) is 73.6 Å². The molecule has 0 aromatic carbocycles. The Morgan fingerprint density at radius 2 is 1.67 bits per heavy atom. The largest absolute Gasteiger partial charge is 0.356 e. The van der Waals surface area contributed by atoms with E-state index in [2.05, 4.69) is 46.2 Å². The van der Waals surface area contributed by atoms with Gasteiger partial charge in [-0.05, 0) is 67.8 Å². The highest BCUT2D eigenvalue weighted by Crippen LogP contribution is 2.29. The second kappa shape index (κ2) is 19.1. The Bertz CT molecular complexity index is 727. The summed E-state index contributed by atoms with van der Waals surface area (Å²) < 4.78 is 0. The first kappa shape index (κ1) is 30.6. The molecule has 0 bridgehead atoms. The van der Waals surface area contributed by atoms with Crippen LogP contribution in [0.5, 0.6) is 0 Å². The Hall–Kier alpha value is -2.38. The van der Waals surface area contributed by atoms with Crippen LogP contribution < -0.4 is 4.90 Å². The lowest BCUT2D eigenvalue weighted by Crippen LogP contribution is -2.34. The molecule has 0 amide bonds. The molecule has 0 radical (unpaired) electrons. The SMILES string of the molecule is C=C.CC.CC.CC.N#Cc1ccc(N2CCC(CCN3CCC4=CCCC=C4C3)C2)nc1. The summed E-state index contributed by atoms with van der Waals surface area (Å²) >= 11 is 0. The van der Waals surface area contributed by atoms with Gasteiger partial charge in [-0.25, -0.2) is 4.98 Å². The standard InChI is InChI=1S/C21H26N4.3C2H6.C2H4/c22-13-18-5-6-21(23-14-18)25-12-8-17(15-25)7-10-24-11-9-19-3-1-2-4-20(19)16-24;4*1-2/h3-6,14,17H,1-2,7-12,15-16H2;3*1-2H3;1-2H2. The second-order valence-electron chi connectivity index (χ2n) is 7.47. The van der Waals surface area contributed by atoms with E-state index in [4.69, 9.17) is 5.26 Å². The number of piperidine rings is 1. The highest BCUT2D eigenvalue weighted by molar-refractivity contribution is 5.42. The molecule has 4 nitrogen and oxygen atoms in total. The molecule has 1 aliphatic carbocycles. The van der Waals surface area contributed by atoms with E-state index < -0.39 is 0 Å².